The highest BCUT2D eigenvalue weighted by Gasteiger charge is 2.26. The van der Waals surface area contributed by atoms with Crippen LogP contribution < -0.4 is 5.32 Å². The summed E-state index contributed by atoms with van der Waals surface area (Å²) >= 11 is 9.09. The maximum Gasteiger partial charge on any atom is 0.174 e. The fourth-order valence-corrected chi connectivity index (χ4v) is 3.63. The molecule has 1 aliphatic rings. The first-order valence-corrected chi connectivity index (χ1v) is 8.25. The predicted molar refractivity (Wildman–Crippen MR) is 94.7 cm³/mol. The highest BCUT2D eigenvalue weighted by molar-refractivity contribution is 9.10. The van der Waals surface area contributed by atoms with Gasteiger partial charge in [0, 0.05) is 34.6 Å². The van der Waals surface area contributed by atoms with Crippen molar-refractivity contribution >= 4 is 38.9 Å². The molecule has 110 valence electrons. The van der Waals surface area contributed by atoms with Crippen LogP contribution in [-0.2, 0) is 6.54 Å². The first-order chi connectivity index (χ1) is 10.1. The van der Waals surface area contributed by atoms with Crippen molar-refractivity contribution in [2.75, 3.05) is 11.9 Å². The summed E-state index contributed by atoms with van der Waals surface area (Å²) in [5.74, 6) is 0. The summed E-state index contributed by atoms with van der Waals surface area (Å²) in [7, 11) is 0. The van der Waals surface area contributed by atoms with E-state index in [4.69, 9.17) is 12.2 Å². The van der Waals surface area contributed by atoms with Crippen LogP contribution in [0.4, 0.5) is 5.69 Å². The Bertz CT molecular complexity index is 680. The molecule has 0 saturated heterocycles. The second-order valence-electron chi connectivity index (χ2n) is 5.36. The Morgan fingerprint density at radius 3 is 2.86 bits per heavy atom. The summed E-state index contributed by atoms with van der Waals surface area (Å²) in [5.41, 5.74) is 3.67. The lowest BCUT2D eigenvalue weighted by atomic mass is 10.1. The highest BCUT2D eigenvalue weighted by atomic mass is 79.9. The first kappa shape index (κ1) is 14.6. The molecule has 0 fully saturated rings. The molecule has 1 aliphatic heterocycles. The minimum Gasteiger partial charge on any atom is -0.345 e. The Morgan fingerprint density at radius 1 is 1.29 bits per heavy atom. The third-order valence-electron chi connectivity index (χ3n) is 4.03. The number of nitrogens with one attached hydrogen (secondary N) is 1. The van der Waals surface area contributed by atoms with Crippen LogP contribution in [0.5, 0.6) is 0 Å². The van der Waals surface area contributed by atoms with Gasteiger partial charge in [-0.3, -0.25) is 0 Å². The van der Waals surface area contributed by atoms with Crippen LogP contribution in [0.25, 0.3) is 0 Å². The SMILES string of the molecule is Cc1ccc2n1CCN(C(=S)Nc1cccc(Br)c1)[C@H]2C. The monoisotopic (exact) mass is 363 g/mol. The summed E-state index contributed by atoms with van der Waals surface area (Å²) < 4.78 is 3.43. The number of aromatic nitrogens is 1. The molecule has 3 nitrogen and oxygen atoms in total. The number of hydrogen-bond donors (Lipinski definition) is 1. The summed E-state index contributed by atoms with van der Waals surface area (Å²) in [6.07, 6.45) is 0. The van der Waals surface area contributed by atoms with E-state index in [1.54, 1.807) is 0 Å². The molecule has 0 amide bonds. The van der Waals surface area contributed by atoms with E-state index < -0.39 is 0 Å². The highest BCUT2D eigenvalue weighted by Crippen LogP contribution is 2.28. The van der Waals surface area contributed by atoms with E-state index in [0.29, 0.717) is 6.04 Å². The third-order valence-corrected chi connectivity index (χ3v) is 4.86. The summed E-state index contributed by atoms with van der Waals surface area (Å²) in [6.45, 7) is 6.28. The van der Waals surface area contributed by atoms with Crippen molar-refractivity contribution in [3.05, 3.63) is 52.3 Å². The van der Waals surface area contributed by atoms with Crippen LogP contribution >= 0.6 is 28.1 Å². The molecule has 1 atom stereocenters. The van der Waals surface area contributed by atoms with E-state index in [-0.39, 0.29) is 0 Å². The van der Waals surface area contributed by atoms with Gasteiger partial charge >= 0.3 is 0 Å². The van der Waals surface area contributed by atoms with Crippen molar-refractivity contribution in [1.82, 2.24) is 9.47 Å². The van der Waals surface area contributed by atoms with Gasteiger partial charge in [0.15, 0.2) is 5.11 Å². The first-order valence-electron chi connectivity index (χ1n) is 7.05. The van der Waals surface area contributed by atoms with Crippen LogP contribution in [0, 0.1) is 6.92 Å². The average molecular weight is 364 g/mol. The van der Waals surface area contributed by atoms with E-state index in [2.05, 4.69) is 56.7 Å². The number of nitrogens with zero attached hydrogens (tertiary/aromatic N) is 2. The fraction of sp³-hybridized carbons (Fsp3) is 0.312. The number of aryl methyl sites for hydroxylation is 1. The molecule has 3 rings (SSSR count). The minimum atomic E-state index is 0.291. The van der Waals surface area contributed by atoms with Crippen LogP contribution in [-0.4, -0.2) is 21.1 Å². The molecular formula is C16H18BrN3S. The molecule has 0 saturated carbocycles. The van der Waals surface area contributed by atoms with E-state index in [9.17, 15) is 0 Å². The van der Waals surface area contributed by atoms with Crippen molar-refractivity contribution in [1.29, 1.82) is 0 Å². The molecule has 1 N–H and O–H groups in total. The van der Waals surface area contributed by atoms with Gasteiger partial charge < -0.3 is 14.8 Å². The molecule has 2 heterocycles. The van der Waals surface area contributed by atoms with Gasteiger partial charge in [-0.15, -0.1) is 0 Å². The molecule has 2 aromatic rings. The van der Waals surface area contributed by atoms with Crippen molar-refractivity contribution in [3.63, 3.8) is 0 Å². The zero-order chi connectivity index (χ0) is 15.0. The van der Waals surface area contributed by atoms with Crippen molar-refractivity contribution in [2.45, 2.75) is 26.4 Å². The summed E-state index contributed by atoms with van der Waals surface area (Å²) in [4.78, 5) is 2.25. The van der Waals surface area contributed by atoms with Gasteiger partial charge in [0.1, 0.15) is 0 Å². The summed E-state index contributed by atoms with van der Waals surface area (Å²) in [6, 6.07) is 12.7. The van der Waals surface area contributed by atoms with Crippen molar-refractivity contribution in [2.24, 2.45) is 0 Å². The van der Waals surface area contributed by atoms with Crippen molar-refractivity contribution in [3.8, 4) is 0 Å². The van der Waals surface area contributed by atoms with E-state index in [0.717, 1.165) is 28.4 Å². The Labute approximate surface area is 139 Å². The topological polar surface area (TPSA) is 20.2 Å². The average Bonchev–Trinajstić information content (AvgIpc) is 2.82. The number of thiocarbonyl (C=S) groups is 1. The maximum atomic E-state index is 5.60. The fourth-order valence-electron chi connectivity index (χ4n) is 2.86. The van der Waals surface area contributed by atoms with Gasteiger partial charge in [-0.25, -0.2) is 0 Å². The lowest BCUT2D eigenvalue weighted by molar-refractivity contribution is 0.274. The van der Waals surface area contributed by atoms with E-state index >= 15 is 0 Å². The molecule has 0 radical (unpaired) electrons. The van der Waals surface area contributed by atoms with Crippen LogP contribution in [0.15, 0.2) is 40.9 Å². The number of anilines is 1. The number of rotatable bonds is 1. The Balaban J connectivity index is 1.77. The van der Waals surface area contributed by atoms with Gasteiger partial charge in [0.05, 0.1) is 6.04 Å². The Kier molecular flexibility index (Phi) is 4.04. The maximum absolute atomic E-state index is 5.60. The lowest BCUT2D eigenvalue weighted by Crippen LogP contribution is -2.43. The molecule has 0 aliphatic carbocycles. The van der Waals surface area contributed by atoms with Crippen LogP contribution in [0.1, 0.15) is 24.4 Å². The number of hydrogen-bond acceptors (Lipinski definition) is 1. The largest absolute Gasteiger partial charge is 0.345 e. The second-order valence-corrected chi connectivity index (χ2v) is 6.66. The zero-order valence-electron chi connectivity index (χ0n) is 12.1. The molecule has 5 heteroatoms. The number of fused-ring (bicyclic) bond motifs is 1. The van der Waals surface area contributed by atoms with Gasteiger partial charge in [0.25, 0.3) is 0 Å². The smallest absolute Gasteiger partial charge is 0.174 e. The Hall–Kier alpha value is -1.33. The number of benzene rings is 1. The minimum absolute atomic E-state index is 0.291. The molecular weight excluding hydrogens is 346 g/mol. The predicted octanol–water partition coefficient (Wildman–Crippen LogP) is 4.33. The van der Waals surface area contributed by atoms with Crippen LogP contribution in [0.3, 0.4) is 0 Å². The molecule has 21 heavy (non-hydrogen) atoms. The van der Waals surface area contributed by atoms with Gasteiger partial charge in [-0.05, 0) is 56.4 Å². The normalized spacial score (nSPS) is 17.5. The standard InChI is InChI=1S/C16H18BrN3S/c1-11-6-7-15-12(2)20(9-8-19(11)15)16(21)18-14-5-3-4-13(17)10-14/h3-7,10,12H,8-9H2,1-2H3,(H,18,21)/t12-/m0/s1. The summed E-state index contributed by atoms with van der Waals surface area (Å²) in [5, 5.41) is 4.12. The Morgan fingerprint density at radius 2 is 2.10 bits per heavy atom. The van der Waals surface area contributed by atoms with Crippen LogP contribution in [0.2, 0.25) is 0 Å². The van der Waals surface area contributed by atoms with Gasteiger partial charge in [-0.2, -0.15) is 0 Å². The molecule has 0 spiro atoms. The van der Waals surface area contributed by atoms with E-state index in [1.807, 2.05) is 24.3 Å². The van der Waals surface area contributed by atoms with Gasteiger partial charge in [0.2, 0.25) is 0 Å². The lowest BCUT2D eigenvalue weighted by Gasteiger charge is -2.37. The third kappa shape index (κ3) is 2.85. The second kappa shape index (κ2) is 5.81. The zero-order valence-corrected chi connectivity index (χ0v) is 14.5. The molecule has 0 unspecified atom stereocenters. The number of halogens is 1. The molecule has 1 aromatic heterocycles. The molecule has 0 bridgehead atoms. The quantitative estimate of drug-likeness (QED) is 0.761. The van der Waals surface area contributed by atoms with Crippen molar-refractivity contribution < 1.29 is 0 Å². The van der Waals surface area contributed by atoms with Gasteiger partial charge in [-0.1, -0.05) is 22.0 Å². The van der Waals surface area contributed by atoms with E-state index in [1.165, 1.54) is 11.4 Å². The molecule has 1 aromatic carbocycles.